The first-order valence-electron chi connectivity index (χ1n) is 5.15. The summed E-state index contributed by atoms with van der Waals surface area (Å²) >= 11 is 0. The lowest BCUT2D eigenvalue weighted by molar-refractivity contribution is 0.0518. The van der Waals surface area contributed by atoms with Crippen molar-refractivity contribution in [3.8, 4) is 0 Å². The maximum Gasteiger partial charge on any atom is 0.358 e. The summed E-state index contributed by atoms with van der Waals surface area (Å²) in [5.41, 5.74) is 2.39. The van der Waals surface area contributed by atoms with Gasteiger partial charge in [0.2, 0.25) is 0 Å². The standard InChI is InChI=1S/C11H14N2O2/c1-3-15-11(14)9-7-10-8(2)5-4-6-13(10)12-9/h7H,2-6H2,1H3. The minimum Gasteiger partial charge on any atom is -0.461 e. The molecule has 0 amide bonds. The van der Waals surface area contributed by atoms with Crippen molar-refractivity contribution < 1.29 is 9.53 Å². The lowest BCUT2D eigenvalue weighted by Gasteiger charge is -2.14. The van der Waals surface area contributed by atoms with Crippen LogP contribution in [0.15, 0.2) is 12.6 Å². The molecule has 1 aliphatic rings. The number of hydrogen-bond acceptors (Lipinski definition) is 3. The largest absolute Gasteiger partial charge is 0.461 e. The Kier molecular flexibility index (Phi) is 2.58. The zero-order chi connectivity index (χ0) is 10.8. The summed E-state index contributed by atoms with van der Waals surface area (Å²) in [7, 11) is 0. The molecule has 1 aromatic heterocycles. The highest BCUT2D eigenvalue weighted by Gasteiger charge is 2.19. The van der Waals surface area contributed by atoms with Gasteiger partial charge in [-0.25, -0.2) is 4.79 Å². The Morgan fingerprint density at radius 1 is 1.73 bits per heavy atom. The van der Waals surface area contributed by atoms with E-state index in [0.717, 1.165) is 30.7 Å². The molecule has 15 heavy (non-hydrogen) atoms. The van der Waals surface area contributed by atoms with Gasteiger partial charge >= 0.3 is 5.97 Å². The highest BCUT2D eigenvalue weighted by molar-refractivity contribution is 5.88. The molecule has 4 heteroatoms. The van der Waals surface area contributed by atoms with Crippen LogP contribution in [0.2, 0.25) is 0 Å². The molecule has 0 aromatic carbocycles. The third kappa shape index (κ3) is 1.79. The maximum atomic E-state index is 11.4. The second kappa shape index (κ2) is 3.88. The van der Waals surface area contributed by atoms with Gasteiger partial charge in [0.1, 0.15) is 0 Å². The number of esters is 1. The molecule has 0 unspecified atom stereocenters. The first kappa shape index (κ1) is 9.96. The Hall–Kier alpha value is -1.58. The topological polar surface area (TPSA) is 44.1 Å². The van der Waals surface area contributed by atoms with Gasteiger partial charge in [0, 0.05) is 6.54 Å². The number of hydrogen-bond donors (Lipinski definition) is 0. The van der Waals surface area contributed by atoms with E-state index in [1.54, 1.807) is 13.0 Å². The van der Waals surface area contributed by atoms with Gasteiger partial charge in [0.25, 0.3) is 0 Å². The van der Waals surface area contributed by atoms with Crippen molar-refractivity contribution in [2.24, 2.45) is 0 Å². The number of aryl methyl sites for hydroxylation is 1. The summed E-state index contributed by atoms with van der Waals surface area (Å²) in [5.74, 6) is -0.354. The molecule has 0 fully saturated rings. The third-order valence-corrected chi connectivity index (χ3v) is 2.48. The Morgan fingerprint density at radius 2 is 2.53 bits per heavy atom. The quantitative estimate of drug-likeness (QED) is 0.694. The van der Waals surface area contributed by atoms with Crippen LogP contribution >= 0.6 is 0 Å². The first-order valence-corrected chi connectivity index (χ1v) is 5.15. The molecule has 1 aromatic rings. The number of fused-ring (bicyclic) bond motifs is 1. The van der Waals surface area contributed by atoms with Crippen molar-refractivity contribution in [1.29, 1.82) is 0 Å². The van der Waals surface area contributed by atoms with E-state index in [0.29, 0.717) is 12.3 Å². The average Bonchev–Trinajstić information content (AvgIpc) is 2.63. The van der Waals surface area contributed by atoms with Crippen molar-refractivity contribution >= 4 is 11.5 Å². The van der Waals surface area contributed by atoms with Gasteiger partial charge in [-0.1, -0.05) is 6.58 Å². The van der Waals surface area contributed by atoms with E-state index < -0.39 is 0 Å². The molecule has 1 aliphatic heterocycles. The predicted molar refractivity (Wildman–Crippen MR) is 56.5 cm³/mol. The summed E-state index contributed by atoms with van der Waals surface area (Å²) < 4.78 is 6.73. The van der Waals surface area contributed by atoms with Crippen molar-refractivity contribution in [3.63, 3.8) is 0 Å². The molecule has 80 valence electrons. The number of carbonyl (C=O) groups excluding carboxylic acids is 1. The molecule has 2 rings (SSSR count). The minimum atomic E-state index is -0.354. The van der Waals surface area contributed by atoms with Crippen LogP contribution in [0.1, 0.15) is 35.9 Å². The summed E-state index contributed by atoms with van der Waals surface area (Å²) in [6.07, 6.45) is 2.02. The van der Waals surface area contributed by atoms with Crippen LogP contribution in [-0.2, 0) is 11.3 Å². The molecule has 0 N–H and O–H groups in total. The second-order valence-corrected chi connectivity index (χ2v) is 3.57. The molecular formula is C11H14N2O2. The second-order valence-electron chi connectivity index (χ2n) is 3.57. The fraction of sp³-hybridized carbons (Fsp3) is 0.455. The van der Waals surface area contributed by atoms with Gasteiger partial charge in [-0.2, -0.15) is 5.10 Å². The lowest BCUT2D eigenvalue weighted by Crippen LogP contribution is -2.11. The van der Waals surface area contributed by atoms with E-state index in [4.69, 9.17) is 4.74 Å². The highest BCUT2D eigenvalue weighted by Crippen LogP contribution is 2.24. The van der Waals surface area contributed by atoms with Gasteiger partial charge in [-0.05, 0) is 31.4 Å². The van der Waals surface area contributed by atoms with Crippen LogP contribution in [0.3, 0.4) is 0 Å². The molecule has 0 atom stereocenters. The zero-order valence-corrected chi connectivity index (χ0v) is 8.82. The van der Waals surface area contributed by atoms with Crippen LogP contribution in [-0.4, -0.2) is 22.4 Å². The smallest absolute Gasteiger partial charge is 0.358 e. The number of ether oxygens (including phenoxy) is 1. The van der Waals surface area contributed by atoms with Crippen LogP contribution in [0.5, 0.6) is 0 Å². The first-order chi connectivity index (χ1) is 7.22. The molecule has 2 heterocycles. The normalized spacial score (nSPS) is 14.9. The van der Waals surface area contributed by atoms with Crippen molar-refractivity contribution in [1.82, 2.24) is 9.78 Å². The highest BCUT2D eigenvalue weighted by atomic mass is 16.5. The fourth-order valence-corrected chi connectivity index (χ4v) is 1.75. The Balaban J connectivity index is 2.29. The molecule has 0 bridgehead atoms. The van der Waals surface area contributed by atoms with Gasteiger partial charge in [0.15, 0.2) is 5.69 Å². The molecule has 4 nitrogen and oxygen atoms in total. The van der Waals surface area contributed by atoms with Crippen LogP contribution in [0.4, 0.5) is 0 Å². The lowest BCUT2D eigenvalue weighted by atomic mass is 10.1. The van der Waals surface area contributed by atoms with Crippen LogP contribution < -0.4 is 0 Å². The number of aromatic nitrogens is 2. The third-order valence-electron chi connectivity index (χ3n) is 2.48. The van der Waals surface area contributed by atoms with Crippen LogP contribution in [0.25, 0.3) is 5.57 Å². The predicted octanol–water partition coefficient (Wildman–Crippen LogP) is 1.87. The summed E-state index contributed by atoms with van der Waals surface area (Å²) in [5, 5.41) is 4.20. The zero-order valence-electron chi connectivity index (χ0n) is 8.82. The van der Waals surface area contributed by atoms with Gasteiger partial charge in [-0.15, -0.1) is 0 Å². The number of allylic oxidation sites excluding steroid dienone is 1. The van der Waals surface area contributed by atoms with Crippen LogP contribution in [0, 0.1) is 0 Å². The number of rotatable bonds is 2. The Morgan fingerprint density at radius 3 is 3.20 bits per heavy atom. The van der Waals surface area contributed by atoms with E-state index in [9.17, 15) is 4.79 Å². The van der Waals surface area contributed by atoms with E-state index in [2.05, 4.69) is 11.7 Å². The molecule has 0 saturated carbocycles. The maximum absolute atomic E-state index is 11.4. The Labute approximate surface area is 88.5 Å². The van der Waals surface area contributed by atoms with E-state index in [1.165, 1.54) is 0 Å². The summed E-state index contributed by atoms with van der Waals surface area (Å²) in [6, 6.07) is 1.76. The van der Waals surface area contributed by atoms with Crippen molar-refractivity contribution in [2.75, 3.05) is 6.61 Å². The molecule has 0 saturated heterocycles. The van der Waals surface area contributed by atoms with E-state index >= 15 is 0 Å². The van der Waals surface area contributed by atoms with Crippen molar-refractivity contribution in [2.45, 2.75) is 26.3 Å². The summed E-state index contributed by atoms with van der Waals surface area (Å²) in [6.45, 7) is 6.98. The average molecular weight is 206 g/mol. The molecule has 0 aliphatic carbocycles. The molecule has 0 spiro atoms. The van der Waals surface area contributed by atoms with Gasteiger partial charge < -0.3 is 4.74 Å². The fourth-order valence-electron chi connectivity index (χ4n) is 1.75. The van der Waals surface area contributed by atoms with Crippen molar-refractivity contribution in [3.05, 3.63) is 24.0 Å². The summed E-state index contributed by atoms with van der Waals surface area (Å²) in [4.78, 5) is 11.4. The van der Waals surface area contributed by atoms with Gasteiger partial charge in [0.05, 0.1) is 12.3 Å². The van der Waals surface area contributed by atoms with E-state index in [1.807, 2.05) is 4.68 Å². The van der Waals surface area contributed by atoms with Gasteiger partial charge in [-0.3, -0.25) is 4.68 Å². The number of nitrogens with zero attached hydrogens (tertiary/aromatic N) is 2. The Bertz CT molecular complexity index is 407. The van der Waals surface area contributed by atoms with E-state index in [-0.39, 0.29) is 5.97 Å². The molecular weight excluding hydrogens is 192 g/mol. The number of carbonyl (C=O) groups is 1. The SMILES string of the molecule is C=C1CCCn2nc(C(=O)OCC)cc21. The minimum absolute atomic E-state index is 0.354. The molecule has 0 radical (unpaired) electrons. The monoisotopic (exact) mass is 206 g/mol.